The first-order valence-corrected chi connectivity index (χ1v) is 6.61. The summed E-state index contributed by atoms with van der Waals surface area (Å²) in [5.41, 5.74) is 1.17. The molecule has 0 bridgehead atoms. The lowest BCUT2D eigenvalue weighted by molar-refractivity contribution is 0.0899. The van der Waals surface area contributed by atoms with Crippen LogP contribution in [0.15, 0.2) is 34.7 Å². The molecule has 1 aromatic heterocycles. The van der Waals surface area contributed by atoms with E-state index in [0.717, 1.165) is 26.1 Å². The van der Waals surface area contributed by atoms with Crippen molar-refractivity contribution < 1.29 is 9.15 Å². The molecule has 5 heteroatoms. The van der Waals surface area contributed by atoms with Crippen LogP contribution in [0.5, 0.6) is 0 Å². The van der Waals surface area contributed by atoms with Gasteiger partial charge < -0.3 is 14.5 Å². The topological polar surface area (TPSA) is 60.2 Å². The van der Waals surface area contributed by atoms with Gasteiger partial charge in [0.1, 0.15) is 0 Å². The molecule has 0 spiro atoms. The second-order valence-corrected chi connectivity index (χ2v) is 4.69. The van der Waals surface area contributed by atoms with Gasteiger partial charge in [-0.25, -0.2) is 0 Å². The number of anilines is 1. The van der Waals surface area contributed by atoms with Gasteiger partial charge in [0.2, 0.25) is 5.89 Å². The molecule has 1 saturated heterocycles. The first-order chi connectivity index (χ1) is 9.40. The van der Waals surface area contributed by atoms with Crippen LogP contribution in [-0.4, -0.2) is 29.5 Å². The molecule has 2 aromatic rings. The van der Waals surface area contributed by atoms with Crippen LogP contribution in [0, 0.1) is 0 Å². The Morgan fingerprint density at radius 1 is 1.11 bits per heavy atom. The van der Waals surface area contributed by atoms with Crippen LogP contribution in [0.3, 0.4) is 0 Å². The Balaban J connectivity index is 1.59. The van der Waals surface area contributed by atoms with Crippen LogP contribution >= 0.6 is 0 Å². The van der Waals surface area contributed by atoms with E-state index in [2.05, 4.69) is 27.6 Å². The molecule has 1 aliphatic heterocycles. The highest BCUT2D eigenvalue weighted by Crippen LogP contribution is 2.15. The molecular formula is C14H17N3O2. The molecule has 19 heavy (non-hydrogen) atoms. The highest BCUT2D eigenvalue weighted by molar-refractivity contribution is 5.22. The number of ether oxygens (including phenoxy) is 1. The summed E-state index contributed by atoms with van der Waals surface area (Å²) in [5.74, 6) is 0.640. The number of nitrogens with zero attached hydrogens (tertiary/aromatic N) is 2. The molecule has 0 atom stereocenters. The molecule has 1 fully saturated rings. The molecule has 0 unspecified atom stereocenters. The average Bonchev–Trinajstić information content (AvgIpc) is 2.88. The summed E-state index contributed by atoms with van der Waals surface area (Å²) in [4.78, 5) is 0. The molecule has 1 N–H and O–H groups in total. The standard InChI is InChI=1S/C14H17N3O2/c1-2-4-11(5-3-1)10-13-16-17-14(19-13)15-12-6-8-18-9-7-12/h1-5,12H,6-10H2,(H,15,17). The van der Waals surface area contributed by atoms with Crippen molar-refractivity contribution in [3.63, 3.8) is 0 Å². The monoisotopic (exact) mass is 259 g/mol. The van der Waals surface area contributed by atoms with Gasteiger partial charge in [-0.05, 0) is 18.4 Å². The highest BCUT2D eigenvalue weighted by Gasteiger charge is 2.16. The molecule has 0 aliphatic carbocycles. The Bertz CT molecular complexity index is 506. The Kier molecular flexibility index (Phi) is 3.74. The highest BCUT2D eigenvalue weighted by atomic mass is 16.5. The van der Waals surface area contributed by atoms with Gasteiger partial charge in [0.05, 0.1) is 6.42 Å². The van der Waals surface area contributed by atoms with Crippen molar-refractivity contribution in [2.75, 3.05) is 18.5 Å². The van der Waals surface area contributed by atoms with E-state index in [9.17, 15) is 0 Å². The number of rotatable bonds is 4. The van der Waals surface area contributed by atoms with Gasteiger partial charge in [-0.2, -0.15) is 0 Å². The van der Waals surface area contributed by atoms with Crippen LogP contribution in [0.2, 0.25) is 0 Å². The minimum Gasteiger partial charge on any atom is -0.408 e. The van der Waals surface area contributed by atoms with E-state index >= 15 is 0 Å². The average molecular weight is 259 g/mol. The number of nitrogens with one attached hydrogen (secondary N) is 1. The summed E-state index contributed by atoms with van der Waals surface area (Å²) in [6, 6.07) is 11.0. The van der Waals surface area contributed by atoms with Crippen LogP contribution in [0.25, 0.3) is 0 Å². The fourth-order valence-corrected chi connectivity index (χ4v) is 2.17. The van der Waals surface area contributed by atoms with E-state index in [-0.39, 0.29) is 0 Å². The number of hydrogen-bond acceptors (Lipinski definition) is 5. The van der Waals surface area contributed by atoms with E-state index in [1.165, 1.54) is 5.56 Å². The van der Waals surface area contributed by atoms with Gasteiger partial charge in [0.25, 0.3) is 0 Å². The Morgan fingerprint density at radius 3 is 2.68 bits per heavy atom. The first kappa shape index (κ1) is 12.2. The maximum Gasteiger partial charge on any atom is 0.315 e. The van der Waals surface area contributed by atoms with Gasteiger partial charge in [-0.1, -0.05) is 35.4 Å². The van der Waals surface area contributed by atoms with Crippen LogP contribution in [0.4, 0.5) is 6.01 Å². The van der Waals surface area contributed by atoms with Gasteiger partial charge in [0.15, 0.2) is 0 Å². The van der Waals surface area contributed by atoms with Crippen molar-refractivity contribution in [2.45, 2.75) is 25.3 Å². The normalized spacial score (nSPS) is 16.4. The fourth-order valence-electron chi connectivity index (χ4n) is 2.17. The Hall–Kier alpha value is -1.88. The summed E-state index contributed by atoms with van der Waals surface area (Å²) >= 11 is 0. The van der Waals surface area contributed by atoms with Crippen LogP contribution < -0.4 is 5.32 Å². The van der Waals surface area contributed by atoms with E-state index in [0.29, 0.717) is 24.4 Å². The van der Waals surface area contributed by atoms with E-state index in [1.807, 2.05) is 18.2 Å². The third-order valence-electron chi connectivity index (χ3n) is 3.21. The molecule has 1 aromatic carbocycles. The zero-order valence-electron chi connectivity index (χ0n) is 10.7. The summed E-state index contributed by atoms with van der Waals surface area (Å²) < 4.78 is 10.9. The minimum absolute atomic E-state index is 0.374. The van der Waals surface area contributed by atoms with Crippen molar-refractivity contribution in [3.05, 3.63) is 41.8 Å². The number of hydrogen-bond donors (Lipinski definition) is 1. The zero-order chi connectivity index (χ0) is 12.9. The van der Waals surface area contributed by atoms with Gasteiger partial charge in [-0.15, -0.1) is 5.10 Å². The predicted octanol–water partition coefficient (Wildman–Crippen LogP) is 2.25. The maximum absolute atomic E-state index is 5.62. The largest absolute Gasteiger partial charge is 0.408 e. The quantitative estimate of drug-likeness (QED) is 0.912. The van der Waals surface area contributed by atoms with Crippen molar-refractivity contribution in [1.29, 1.82) is 0 Å². The summed E-state index contributed by atoms with van der Waals surface area (Å²) in [5, 5.41) is 11.4. The second-order valence-electron chi connectivity index (χ2n) is 4.69. The molecule has 2 heterocycles. The Labute approximate surface area is 112 Å². The van der Waals surface area contributed by atoms with E-state index < -0.39 is 0 Å². The molecular weight excluding hydrogens is 242 g/mol. The molecule has 0 saturated carbocycles. The summed E-state index contributed by atoms with van der Waals surface area (Å²) in [7, 11) is 0. The van der Waals surface area contributed by atoms with Crippen molar-refractivity contribution in [1.82, 2.24) is 10.2 Å². The van der Waals surface area contributed by atoms with E-state index in [1.54, 1.807) is 0 Å². The summed E-state index contributed by atoms with van der Waals surface area (Å²) in [6.45, 7) is 1.59. The maximum atomic E-state index is 5.62. The smallest absolute Gasteiger partial charge is 0.315 e. The van der Waals surface area contributed by atoms with E-state index in [4.69, 9.17) is 9.15 Å². The van der Waals surface area contributed by atoms with Crippen LogP contribution in [0.1, 0.15) is 24.3 Å². The predicted molar refractivity (Wildman–Crippen MR) is 71.0 cm³/mol. The molecule has 5 nitrogen and oxygen atoms in total. The zero-order valence-corrected chi connectivity index (χ0v) is 10.7. The Morgan fingerprint density at radius 2 is 1.89 bits per heavy atom. The number of benzene rings is 1. The van der Waals surface area contributed by atoms with Gasteiger partial charge in [0, 0.05) is 19.3 Å². The van der Waals surface area contributed by atoms with Crippen LogP contribution in [-0.2, 0) is 11.2 Å². The SMILES string of the molecule is c1ccc(Cc2nnc(NC3CCOCC3)o2)cc1. The first-order valence-electron chi connectivity index (χ1n) is 6.61. The summed E-state index contributed by atoms with van der Waals surface area (Å²) in [6.07, 6.45) is 2.64. The minimum atomic E-state index is 0.374. The van der Waals surface area contributed by atoms with Crippen molar-refractivity contribution in [3.8, 4) is 0 Å². The molecule has 3 rings (SSSR count). The lowest BCUT2D eigenvalue weighted by atomic mass is 10.1. The molecule has 1 aliphatic rings. The second kappa shape index (κ2) is 5.84. The third-order valence-corrected chi connectivity index (χ3v) is 3.21. The molecule has 0 radical (unpaired) electrons. The van der Waals surface area contributed by atoms with Gasteiger partial charge in [-0.3, -0.25) is 0 Å². The molecule has 0 amide bonds. The fraction of sp³-hybridized carbons (Fsp3) is 0.429. The third kappa shape index (κ3) is 3.32. The molecule has 100 valence electrons. The lowest BCUT2D eigenvalue weighted by Gasteiger charge is -2.21. The van der Waals surface area contributed by atoms with Gasteiger partial charge >= 0.3 is 6.01 Å². The van der Waals surface area contributed by atoms with Crippen molar-refractivity contribution >= 4 is 6.01 Å². The number of aromatic nitrogens is 2. The van der Waals surface area contributed by atoms with Crippen molar-refractivity contribution in [2.24, 2.45) is 0 Å². The lowest BCUT2D eigenvalue weighted by Crippen LogP contribution is -2.27.